The highest BCUT2D eigenvalue weighted by Crippen LogP contribution is 2.41. The predicted molar refractivity (Wildman–Crippen MR) is 102 cm³/mol. The third kappa shape index (κ3) is 3.15. The molecule has 118 valence electrons. The number of hydrogen-bond donors (Lipinski definition) is 0. The summed E-state index contributed by atoms with van der Waals surface area (Å²) in [5, 5.41) is 3.46. The van der Waals surface area contributed by atoms with Crippen LogP contribution < -0.4 is 4.74 Å². The number of halogens is 2. The summed E-state index contributed by atoms with van der Waals surface area (Å²) in [4.78, 5) is 8.53. The molecular weight excluding hydrogens is 408 g/mol. The summed E-state index contributed by atoms with van der Waals surface area (Å²) in [6, 6.07) is 17.9. The van der Waals surface area contributed by atoms with Gasteiger partial charge in [-0.3, -0.25) is 0 Å². The van der Waals surface area contributed by atoms with E-state index in [2.05, 4.69) is 56.2 Å². The van der Waals surface area contributed by atoms with Gasteiger partial charge in [0.1, 0.15) is 16.6 Å². The summed E-state index contributed by atoms with van der Waals surface area (Å²) in [6.45, 7) is 0. The third-order valence-electron chi connectivity index (χ3n) is 3.50. The van der Waals surface area contributed by atoms with Gasteiger partial charge in [0.05, 0.1) is 0 Å². The van der Waals surface area contributed by atoms with E-state index in [1.54, 1.807) is 18.3 Å². The molecule has 0 aliphatic rings. The minimum Gasteiger partial charge on any atom is -0.444 e. The first-order valence-electron chi connectivity index (χ1n) is 7.14. The van der Waals surface area contributed by atoms with Crippen molar-refractivity contribution in [1.29, 1.82) is 0 Å². The lowest BCUT2D eigenvalue weighted by Gasteiger charge is -2.06. The topological polar surface area (TPSA) is 35.0 Å². The van der Waals surface area contributed by atoms with E-state index in [0.717, 1.165) is 20.6 Å². The van der Waals surface area contributed by atoms with Crippen LogP contribution in [0.2, 0.25) is 5.15 Å². The molecule has 0 saturated carbocycles. The van der Waals surface area contributed by atoms with Gasteiger partial charge >= 0.3 is 0 Å². The van der Waals surface area contributed by atoms with E-state index < -0.39 is 0 Å². The van der Waals surface area contributed by atoms with Crippen LogP contribution in [0, 0.1) is 0 Å². The number of ether oxygens (including phenoxy) is 1. The molecule has 4 aromatic rings. The van der Waals surface area contributed by atoms with Gasteiger partial charge in [0.2, 0.25) is 5.06 Å². The van der Waals surface area contributed by atoms with Gasteiger partial charge in [-0.1, -0.05) is 59.3 Å². The molecule has 0 amide bonds. The van der Waals surface area contributed by atoms with E-state index in [1.165, 1.54) is 16.7 Å². The number of fused-ring (bicyclic) bond motifs is 1. The summed E-state index contributed by atoms with van der Waals surface area (Å²) in [7, 11) is 0. The Kier molecular flexibility index (Phi) is 4.22. The summed E-state index contributed by atoms with van der Waals surface area (Å²) >= 11 is 10.8. The first-order valence-corrected chi connectivity index (χ1v) is 9.13. The van der Waals surface area contributed by atoms with Crippen molar-refractivity contribution in [3.8, 4) is 22.1 Å². The smallest absolute Gasteiger partial charge is 0.209 e. The van der Waals surface area contributed by atoms with Crippen molar-refractivity contribution in [2.24, 2.45) is 0 Å². The molecule has 2 aromatic carbocycles. The van der Waals surface area contributed by atoms with Gasteiger partial charge in [0, 0.05) is 17.8 Å². The summed E-state index contributed by atoms with van der Waals surface area (Å²) in [5.74, 6) is 0.633. The second kappa shape index (κ2) is 6.51. The number of benzene rings is 2. The van der Waals surface area contributed by atoms with E-state index in [-0.39, 0.29) is 0 Å². The quantitative estimate of drug-likeness (QED) is 0.354. The number of rotatable bonds is 3. The first kappa shape index (κ1) is 15.6. The van der Waals surface area contributed by atoms with Crippen molar-refractivity contribution >= 4 is 49.6 Å². The van der Waals surface area contributed by atoms with Crippen molar-refractivity contribution in [3.63, 3.8) is 0 Å². The Morgan fingerprint density at radius 3 is 2.67 bits per heavy atom. The number of pyridine rings is 1. The monoisotopic (exact) mass is 416 g/mol. The summed E-state index contributed by atoms with van der Waals surface area (Å²) in [5.41, 5.74) is 1.80. The second-order valence-electron chi connectivity index (χ2n) is 5.08. The van der Waals surface area contributed by atoms with E-state index in [1.807, 2.05) is 12.1 Å². The Morgan fingerprint density at radius 1 is 1.00 bits per heavy atom. The standard InChI is InChI=1S/C18H10BrClN2OS/c19-18-22-16(13-6-5-11-3-1-2-4-12(11)9-13)17(24-18)23-14-7-8-21-15(20)10-14/h1-10H. The van der Waals surface area contributed by atoms with Gasteiger partial charge in [0.25, 0.3) is 0 Å². The van der Waals surface area contributed by atoms with E-state index in [4.69, 9.17) is 16.3 Å². The Hall–Kier alpha value is -1.95. The Balaban J connectivity index is 1.77. The number of aromatic nitrogens is 2. The van der Waals surface area contributed by atoms with Crippen molar-refractivity contribution in [2.75, 3.05) is 0 Å². The van der Waals surface area contributed by atoms with Gasteiger partial charge in [-0.05, 0) is 38.8 Å². The maximum absolute atomic E-state index is 5.98. The molecule has 0 spiro atoms. The Labute approximate surface area is 156 Å². The van der Waals surface area contributed by atoms with Crippen LogP contribution >= 0.6 is 38.9 Å². The normalized spacial score (nSPS) is 10.9. The number of thiazole rings is 1. The molecule has 2 heterocycles. The number of hydrogen-bond acceptors (Lipinski definition) is 4. The Bertz CT molecular complexity index is 1030. The largest absolute Gasteiger partial charge is 0.444 e. The van der Waals surface area contributed by atoms with Gasteiger partial charge in [0.15, 0.2) is 3.92 Å². The van der Waals surface area contributed by atoms with Gasteiger partial charge in [-0.25, -0.2) is 9.97 Å². The molecule has 4 rings (SSSR count). The molecule has 0 aliphatic carbocycles. The van der Waals surface area contributed by atoms with Gasteiger partial charge < -0.3 is 4.74 Å². The molecule has 2 aromatic heterocycles. The second-order valence-corrected chi connectivity index (χ2v) is 7.71. The predicted octanol–water partition coefficient (Wildman–Crippen LogP) is 6.57. The molecule has 0 fully saturated rings. The van der Waals surface area contributed by atoms with Crippen LogP contribution in [-0.4, -0.2) is 9.97 Å². The fourth-order valence-electron chi connectivity index (χ4n) is 2.42. The van der Waals surface area contributed by atoms with E-state index >= 15 is 0 Å². The fourth-order valence-corrected chi connectivity index (χ4v) is 3.89. The zero-order chi connectivity index (χ0) is 16.5. The molecule has 6 heteroatoms. The zero-order valence-electron chi connectivity index (χ0n) is 12.2. The van der Waals surface area contributed by atoms with Crippen LogP contribution in [0.1, 0.15) is 0 Å². The van der Waals surface area contributed by atoms with Crippen molar-refractivity contribution in [2.45, 2.75) is 0 Å². The molecule has 0 N–H and O–H groups in total. The lowest BCUT2D eigenvalue weighted by molar-refractivity contribution is 0.496. The SMILES string of the molecule is Clc1cc(Oc2sc(Br)nc2-c2ccc3ccccc3c2)ccn1. The first-order chi connectivity index (χ1) is 11.7. The van der Waals surface area contributed by atoms with Crippen LogP contribution in [0.25, 0.3) is 22.0 Å². The molecule has 0 saturated heterocycles. The average Bonchev–Trinajstić information content (AvgIpc) is 2.95. The van der Waals surface area contributed by atoms with Crippen LogP contribution in [0.4, 0.5) is 0 Å². The molecule has 24 heavy (non-hydrogen) atoms. The van der Waals surface area contributed by atoms with Crippen LogP contribution in [0.15, 0.2) is 64.7 Å². The van der Waals surface area contributed by atoms with Crippen molar-refractivity contribution in [3.05, 3.63) is 69.9 Å². The molecule has 0 atom stereocenters. The molecule has 0 unspecified atom stereocenters. The highest BCUT2D eigenvalue weighted by molar-refractivity contribution is 9.11. The zero-order valence-corrected chi connectivity index (χ0v) is 15.4. The minimum atomic E-state index is 0.392. The van der Waals surface area contributed by atoms with E-state index in [0.29, 0.717) is 16.0 Å². The highest BCUT2D eigenvalue weighted by Gasteiger charge is 2.15. The molecule has 0 radical (unpaired) electrons. The van der Waals surface area contributed by atoms with Crippen LogP contribution in [0.3, 0.4) is 0 Å². The average molecular weight is 418 g/mol. The molecular formula is C18H10BrClN2OS. The third-order valence-corrected chi connectivity index (χ3v) is 5.09. The molecule has 0 aliphatic heterocycles. The highest BCUT2D eigenvalue weighted by atomic mass is 79.9. The summed E-state index contributed by atoms with van der Waals surface area (Å²) < 4.78 is 6.74. The maximum atomic E-state index is 5.98. The van der Waals surface area contributed by atoms with Crippen molar-refractivity contribution < 1.29 is 4.74 Å². The van der Waals surface area contributed by atoms with Gasteiger partial charge in [-0.2, -0.15) is 0 Å². The fraction of sp³-hybridized carbons (Fsp3) is 0. The number of nitrogens with zero attached hydrogens (tertiary/aromatic N) is 2. The van der Waals surface area contributed by atoms with Crippen LogP contribution in [0.5, 0.6) is 10.8 Å². The summed E-state index contributed by atoms with van der Waals surface area (Å²) in [6.07, 6.45) is 1.61. The van der Waals surface area contributed by atoms with Crippen molar-refractivity contribution in [1.82, 2.24) is 9.97 Å². The lowest BCUT2D eigenvalue weighted by Crippen LogP contribution is -1.86. The lowest BCUT2D eigenvalue weighted by atomic mass is 10.1. The van der Waals surface area contributed by atoms with E-state index in [9.17, 15) is 0 Å². The Morgan fingerprint density at radius 2 is 1.83 bits per heavy atom. The maximum Gasteiger partial charge on any atom is 0.209 e. The molecule has 3 nitrogen and oxygen atoms in total. The minimum absolute atomic E-state index is 0.392. The molecule has 0 bridgehead atoms. The van der Waals surface area contributed by atoms with Crippen LogP contribution in [-0.2, 0) is 0 Å². The van der Waals surface area contributed by atoms with Gasteiger partial charge in [-0.15, -0.1) is 0 Å².